The Kier molecular flexibility index (Phi) is 5.09. The van der Waals surface area contributed by atoms with E-state index in [4.69, 9.17) is 0 Å². The van der Waals surface area contributed by atoms with Crippen LogP contribution in [0, 0.1) is 0 Å². The first-order valence-electron chi connectivity index (χ1n) is 7.99. The van der Waals surface area contributed by atoms with Gasteiger partial charge in [0.05, 0.1) is 4.90 Å². The molecule has 0 heterocycles. The summed E-state index contributed by atoms with van der Waals surface area (Å²) in [5.41, 5.74) is 0.437. The van der Waals surface area contributed by atoms with Gasteiger partial charge in [-0.15, -0.1) is 0 Å². The molecular formula is C21H16O4S. The van der Waals surface area contributed by atoms with Crippen LogP contribution in [0.1, 0.15) is 21.2 Å². The molecule has 0 amide bonds. The Morgan fingerprint density at radius 3 is 1.65 bits per heavy atom. The van der Waals surface area contributed by atoms with Gasteiger partial charge in [-0.3, -0.25) is 9.59 Å². The third-order valence-electron chi connectivity index (χ3n) is 3.98. The number of sulfone groups is 1. The molecule has 3 aromatic rings. The lowest BCUT2D eigenvalue weighted by atomic mass is 10.0. The zero-order chi connectivity index (χ0) is 18.6. The van der Waals surface area contributed by atoms with E-state index in [0.717, 1.165) is 0 Å². The van der Waals surface area contributed by atoms with Crippen molar-refractivity contribution in [2.45, 2.75) is 10.1 Å². The van der Waals surface area contributed by atoms with E-state index in [1.165, 1.54) is 24.3 Å². The molecule has 26 heavy (non-hydrogen) atoms. The van der Waals surface area contributed by atoms with Crippen molar-refractivity contribution < 1.29 is 18.0 Å². The zero-order valence-electron chi connectivity index (χ0n) is 13.8. The van der Waals surface area contributed by atoms with Gasteiger partial charge in [0.1, 0.15) is 0 Å². The average molecular weight is 364 g/mol. The summed E-state index contributed by atoms with van der Waals surface area (Å²) >= 11 is 0. The summed E-state index contributed by atoms with van der Waals surface area (Å²) in [6.45, 7) is 0. The van der Waals surface area contributed by atoms with Crippen LogP contribution in [-0.2, 0) is 14.6 Å². The molecule has 0 saturated carbocycles. The minimum atomic E-state index is -4.08. The number of carbonyl (C=O) groups is 2. The lowest BCUT2D eigenvalue weighted by molar-refractivity contribution is -0.114. The summed E-state index contributed by atoms with van der Waals surface area (Å²) in [4.78, 5) is 25.6. The molecule has 0 aliphatic carbocycles. The largest absolute Gasteiger partial charge is 0.289 e. The minimum Gasteiger partial charge on any atom is -0.289 e. The Bertz CT molecular complexity index is 1010. The Balaban J connectivity index is 2.11. The molecule has 4 nitrogen and oxygen atoms in total. The predicted octanol–water partition coefficient (Wildman–Crippen LogP) is 3.65. The van der Waals surface area contributed by atoms with Crippen LogP contribution < -0.4 is 0 Å². The van der Waals surface area contributed by atoms with E-state index in [-0.39, 0.29) is 16.0 Å². The Morgan fingerprint density at radius 1 is 0.654 bits per heavy atom. The number of carbonyl (C=O) groups excluding carboxylic acids is 2. The third-order valence-corrected chi connectivity index (χ3v) is 6.02. The molecular weight excluding hydrogens is 348 g/mol. The van der Waals surface area contributed by atoms with Crippen molar-refractivity contribution in [2.75, 3.05) is 0 Å². The number of Topliss-reactive ketones (excluding diaryl/α,β-unsaturated/α-hetero) is 2. The molecule has 130 valence electrons. The monoisotopic (exact) mass is 364 g/mol. The van der Waals surface area contributed by atoms with Crippen molar-refractivity contribution in [3.05, 3.63) is 102 Å². The van der Waals surface area contributed by atoms with Gasteiger partial charge in [0.25, 0.3) is 0 Å². The summed E-state index contributed by atoms with van der Waals surface area (Å²) < 4.78 is 26.3. The van der Waals surface area contributed by atoms with Crippen LogP contribution >= 0.6 is 0 Å². The van der Waals surface area contributed by atoms with E-state index >= 15 is 0 Å². The number of hydrogen-bond acceptors (Lipinski definition) is 4. The summed E-state index contributed by atoms with van der Waals surface area (Å²) in [5.74, 6) is -1.79. The molecule has 0 aliphatic heterocycles. The second kappa shape index (κ2) is 7.45. The lowest BCUT2D eigenvalue weighted by Gasteiger charge is -2.16. The van der Waals surface area contributed by atoms with E-state index < -0.39 is 26.7 Å². The highest BCUT2D eigenvalue weighted by Crippen LogP contribution is 2.30. The van der Waals surface area contributed by atoms with E-state index in [1.807, 2.05) is 0 Å². The van der Waals surface area contributed by atoms with Crippen molar-refractivity contribution in [2.24, 2.45) is 0 Å². The number of hydrogen-bond donors (Lipinski definition) is 0. The van der Waals surface area contributed by atoms with Crippen molar-refractivity contribution in [3.63, 3.8) is 0 Å². The third kappa shape index (κ3) is 3.48. The predicted molar refractivity (Wildman–Crippen MR) is 98.6 cm³/mol. The van der Waals surface area contributed by atoms with E-state index in [9.17, 15) is 18.0 Å². The van der Waals surface area contributed by atoms with Crippen molar-refractivity contribution >= 4 is 21.4 Å². The summed E-state index contributed by atoms with van der Waals surface area (Å²) in [5, 5.41) is -1.58. The summed E-state index contributed by atoms with van der Waals surface area (Å²) in [6.07, 6.45) is 0. The topological polar surface area (TPSA) is 68.3 Å². The Morgan fingerprint density at radius 2 is 1.12 bits per heavy atom. The zero-order valence-corrected chi connectivity index (χ0v) is 14.6. The lowest BCUT2D eigenvalue weighted by Crippen LogP contribution is -2.29. The molecule has 1 atom stereocenters. The number of benzene rings is 3. The maximum atomic E-state index is 13.1. The van der Waals surface area contributed by atoms with Crippen LogP contribution in [0.3, 0.4) is 0 Å². The van der Waals surface area contributed by atoms with Crippen molar-refractivity contribution in [1.29, 1.82) is 0 Å². The first-order chi connectivity index (χ1) is 12.5. The fraction of sp³-hybridized carbons (Fsp3) is 0.0476. The maximum Gasteiger partial charge on any atom is 0.230 e. The quantitative estimate of drug-likeness (QED) is 0.494. The standard InChI is InChI=1S/C21H16O4S/c22-19(16-10-4-1-5-11-16)20(23)21(17-12-6-2-7-13-17)26(24,25)18-14-8-3-9-15-18/h1-15,21H. The van der Waals surface area contributed by atoms with Gasteiger partial charge in [-0.1, -0.05) is 78.9 Å². The normalized spacial score (nSPS) is 12.3. The summed E-state index contributed by atoms with van der Waals surface area (Å²) in [6, 6.07) is 23.8. The molecule has 1 unspecified atom stereocenters. The van der Waals surface area contributed by atoms with Crippen LogP contribution in [0.25, 0.3) is 0 Å². The molecule has 0 aliphatic rings. The summed E-state index contributed by atoms with van der Waals surface area (Å²) in [7, 11) is -4.08. The van der Waals surface area contributed by atoms with Crippen LogP contribution in [0.4, 0.5) is 0 Å². The van der Waals surface area contributed by atoms with E-state index in [2.05, 4.69) is 0 Å². The Labute approximate surface area is 152 Å². The molecule has 0 aromatic heterocycles. The number of ketones is 2. The minimum absolute atomic E-state index is 0.00284. The number of rotatable bonds is 6. The maximum absolute atomic E-state index is 13.1. The molecule has 0 spiro atoms. The SMILES string of the molecule is O=C(C(=O)C(c1ccccc1)S(=O)(=O)c1ccccc1)c1ccccc1. The highest BCUT2D eigenvalue weighted by atomic mass is 32.2. The van der Waals surface area contributed by atoms with Gasteiger partial charge in [0, 0.05) is 5.56 Å². The second-order valence-electron chi connectivity index (χ2n) is 5.71. The fourth-order valence-electron chi connectivity index (χ4n) is 2.70. The van der Waals surface area contributed by atoms with Gasteiger partial charge < -0.3 is 0 Å². The molecule has 0 radical (unpaired) electrons. The van der Waals surface area contributed by atoms with Gasteiger partial charge >= 0.3 is 0 Å². The molecule has 3 aromatic carbocycles. The van der Waals surface area contributed by atoms with Gasteiger partial charge in [-0.2, -0.15) is 0 Å². The fourth-order valence-corrected chi connectivity index (χ4v) is 4.41. The van der Waals surface area contributed by atoms with Crippen molar-refractivity contribution in [3.8, 4) is 0 Å². The molecule has 0 N–H and O–H groups in total. The first-order valence-corrected chi connectivity index (χ1v) is 9.54. The van der Waals surface area contributed by atoms with Gasteiger partial charge in [0.2, 0.25) is 11.6 Å². The van der Waals surface area contributed by atoms with Crippen molar-refractivity contribution in [1.82, 2.24) is 0 Å². The molecule has 3 rings (SSSR count). The van der Waals surface area contributed by atoms with Gasteiger partial charge in [-0.05, 0) is 17.7 Å². The highest BCUT2D eigenvalue weighted by Gasteiger charge is 2.39. The highest BCUT2D eigenvalue weighted by molar-refractivity contribution is 7.92. The molecule has 5 heteroatoms. The average Bonchev–Trinajstić information content (AvgIpc) is 2.69. The smallest absolute Gasteiger partial charge is 0.230 e. The van der Waals surface area contributed by atoms with Crippen LogP contribution in [-0.4, -0.2) is 20.0 Å². The van der Waals surface area contributed by atoms with Crippen LogP contribution in [0.5, 0.6) is 0 Å². The Hall–Kier alpha value is -3.05. The van der Waals surface area contributed by atoms with Gasteiger partial charge in [-0.25, -0.2) is 8.42 Å². The van der Waals surface area contributed by atoms with Crippen LogP contribution in [0.15, 0.2) is 95.9 Å². The van der Waals surface area contributed by atoms with Gasteiger partial charge in [0.15, 0.2) is 15.1 Å². The van der Waals surface area contributed by atoms with Crippen LogP contribution in [0.2, 0.25) is 0 Å². The van der Waals surface area contributed by atoms with E-state index in [0.29, 0.717) is 0 Å². The molecule has 0 bridgehead atoms. The van der Waals surface area contributed by atoms with E-state index in [1.54, 1.807) is 66.7 Å². The first kappa shape index (κ1) is 17.8. The molecule has 0 saturated heterocycles. The molecule has 0 fully saturated rings. The second-order valence-corrected chi connectivity index (χ2v) is 7.74.